The van der Waals surface area contributed by atoms with Crippen molar-refractivity contribution in [2.24, 2.45) is 0 Å². The minimum atomic E-state index is -0.0817. The second-order valence-electron chi connectivity index (χ2n) is 5.77. The van der Waals surface area contributed by atoms with E-state index in [1.807, 2.05) is 76.2 Å². The van der Waals surface area contributed by atoms with Crippen LogP contribution in [-0.4, -0.2) is 5.91 Å². The third kappa shape index (κ3) is 9.72. The highest BCUT2D eigenvalue weighted by Crippen LogP contribution is 2.08. The molecule has 0 heterocycles. The largest absolute Gasteiger partial charge is 0.322 e. The molecular weight excluding hydrogens is 342 g/mol. The summed E-state index contributed by atoms with van der Waals surface area (Å²) in [5.41, 5.74) is 5.58. The molecule has 3 rings (SSSR count). The van der Waals surface area contributed by atoms with Gasteiger partial charge in [-0.2, -0.15) is 0 Å². The van der Waals surface area contributed by atoms with Gasteiger partial charge >= 0.3 is 0 Å². The van der Waals surface area contributed by atoms with Crippen LogP contribution in [0, 0.1) is 20.8 Å². The zero-order valence-corrected chi connectivity index (χ0v) is 18.4. The summed E-state index contributed by atoms with van der Waals surface area (Å²) in [6.45, 7) is 14.4. The molecule has 0 spiro atoms. The first kappa shape index (κ1) is 25.1. The fourth-order valence-corrected chi connectivity index (χ4v) is 2.21. The van der Waals surface area contributed by atoms with Crippen LogP contribution in [0.5, 0.6) is 0 Å². The second kappa shape index (κ2) is 15.2. The summed E-state index contributed by atoms with van der Waals surface area (Å²) in [5.74, 6) is -0.0817. The molecule has 2 nitrogen and oxygen atoms in total. The number of carbonyl (C=O) groups excluding carboxylic acids is 1. The third-order valence-electron chi connectivity index (χ3n) is 3.73. The summed E-state index contributed by atoms with van der Waals surface area (Å²) in [4.78, 5) is 11.7. The molecule has 2 heteroatoms. The van der Waals surface area contributed by atoms with Crippen LogP contribution in [0.3, 0.4) is 0 Å². The molecule has 0 aliphatic rings. The summed E-state index contributed by atoms with van der Waals surface area (Å²) in [5, 5.41) is 2.82. The molecule has 0 aliphatic carbocycles. The summed E-state index contributed by atoms with van der Waals surface area (Å²) in [6.07, 6.45) is 0. The molecule has 0 saturated heterocycles. The molecule has 28 heavy (non-hydrogen) atoms. The molecule has 0 aliphatic heterocycles. The normalized spacial score (nSPS) is 8.68. The van der Waals surface area contributed by atoms with Crippen molar-refractivity contribution in [3.8, 4) is 0 Å². The maximum absolute atomic E-state index is 11.7. The van der Waals surface area contributed by atoms with Crippen LogP contribution in [0.2, 0.25) is 0 Å². The summed E-state index contributed by atoms with van der Waals surface area (Å²) in [7, 11) is 0. The Labute approximate surface area is 171 Å². The van der Waals surface area contributed by atoms with Crippen molar-refractivity contribution < 1.29 is 4.79 Å². The van der Waals surface area contributed by atoms with Crippen LogP contribution < -0.4 is 5.32 Å². The van der Waals surface area contributed by atoms with Crippen LogP contribution >= 0.6 is 0 Å². The minimum absolute atomic E-state index is 0.0817. The Balaban J connectivity index is 0.000000481. The Morgan fingerprint density at radius 1 is 0.643 bits per heavy atom. The Morgan fingerprint density at radius 2 is 1.14 bits per heavy atom. The average molecular weight is 378 g/mol. The van der Waals surface area contributed by atoms with Crippen molar-refractivity contribution in [2.75, 3.05) is 5.32 Å². The van der Waals surface area contributed by atoms with E-state index in [-0.39, 0.29) is 5.91 Å². The molecule has 0 aromatic heterocycles. The predicted octanol–water partition coefficient (Wildman–Crippen LogP) is 7.60. The highest BCUT2D eigenvalue weighted by molar-refractivity contribution is 6.04. The van der Waals surface area contributed by atoms with Gasteiger partial charge in [0.25, 0.3) is 5.91 Å². The van der Waals surface area contributed by atoms with Gasteiger partial charge < -0.3 is 5.32 Å². The number of nitrogens with one attached hydrogen (secondary N) is 1. The Kier molecular flexibility index (Phi) is 13.7. The van der Waals surface area contributed by atoms with Gasteiger partial charge in [-0.05, 0) is 56.2 Å². The lowest BCUT2D eigenvalue weighted by Gasteiger charge is -2.03. The number of anilines is 1. The number of aryl methyl sites for hydroxylation is 3. The van der Waals surface area contributed by atoms with Gasteiger partial charge in [-0.3, -0.25) is 4.79 Å². The molecular formula is C26H35NO. The number of para-hydroxylation sites is 1. The van der Waals surface area contributed by atoms with Gasteiger partial charge in [0.2, 0.25) is 0 Å². The van der Waals surface area contributed by atoms with E-state index in [4.69, 9.17) is 0 Å². The SMILES string of the molecule is CC.CC.Cc1ccc(C)c(C)c1.O=C(Nc1ccccc1)c1ccccc1. The molecule has 0 fully saturated rings. The lowest BCUT2D eigenvalue weighted by molar-refractivity contribution is 0.102. The molecule has 0 saturated carbocycles. The number of amides is 1. The van der Waals surface area contributed by atoms with Gasteiger partial charge in [-0.1, -0.05) is 87.9 Å². The summed E-state index contributed by atoms with van der Waals surface area (Å²) >= 11 is 0. The van der Waals surface area contributed by atoms with Gasteiger partial charge in [-0.25, -0.2) is 0 Å². The topological polar surface area (TPSA) is 29.1 Å². The molecule has 3 aromatic carbocycles. The lowest BCUT2D eigenvalue weighted by atomic mass is 10.1. The van der Waals surface area contributed by atoms with Crippen LogP contribution in [0.4, 0.5) is 5.69 Å². The number of hydrogen-bond acceptors (Lipinski definition) is 1. The van der Waals surface area contributed by atoms with E-state index in [0.717, 1.165) is 5.69 Å². The van der Waals surface area contributed by atoms with Crippen molar-refractivity contribution in [1.29, 1.82) is 0 Å². The predicted molar refractivity (Wildman–Crippen MR) is 124 cm³/mol. The van der Waals surface area contributed by atoms with Gasteiger partial charge in [0.05, 0.1) is 0 Å². The quantitative estimate of drug-likeness (QED) is 0.489. The number of rotatable bonds is 2. The molecule has 1 N–H and O–H groups in total. The summed E-state index contributed by atoms with van der Waals surface area (Å²) in [6, 6.07) is 25.1. The molecule has 1 amide bonds. The fraction of sp³-hybridized carbons (Fsp3) is 0.269. The monoisotopic (exact) mass is 377 g/mol. The molecule has 150 valence electrons. The standard InChI is InChI=1S/C13H11NO.C9H12.2C2H6/c15-13(11-7-3-1-4-8-11)14-12-9-5-2-6-10-12;1-7-4-5-8(2)9(3)6-7;2*1-2/h1-10H,(H,14,15);4-6H,1-3H3;2*1-2H3. The highest BCUT2D eigenvalue weighted by atomic mass is 16.1. The Bertz CT molecular complexity index is 780. The zero-order valence-electron chi connectivity index (χ0n) is 18.4. The molecule has 0 radical (unpaired) electrons. The Hall–Kier alpha value is -2.87. The van der Waals surface area contributed by atoms with Crippen molar-refractivity contribution in [1.82, 2.24) is 0 Å². The second-order valence-corrected chi connectivity index (χ2v) is 5.77. The van der Waals surface area contributed by atoms with Crippen LogP contribution in [0.25, 0.3) is 0 Å². The van der Waals surface area contributed by atoms with Gasteiger partial charge in [0.1, 0.15) is 0 Å². The molecule has 3 aromatic rings. The van der Waals surface area contributed by atoms with Crippen LogP contribution in [0.1, 0.15) is 54.7 Å². The lowest BCUT2D eigenvalue weighted by Crippen LogP contribution is -2.11. The first-order chi connectivity index (χ1) is 13.6. The Morgan fingerprint density at radius 3 is 1.61 bits per heavy atom. The van der Waals surface area contributed by atoms with Gasteiger partial charge in [0.15, 0.2) is 0 Å². The first-order valence-corrected chi connectivity index (χ1v) is 10.0. The molecule has 0 atom stereocenters. The van der Waals surface area contributed by atoms with Crippen molar-refractivity contribution >= 4 is 11.6 Å². The van der Waals surface area contributed by atoms with E-state index in [1.165, 1.54) is 16.7 Å². The van der Waals surface area contributed by atoms with E-state index in [2.05, 4.69) is 44.3 Å². The smallest absolute Gasteiger partial charge is 0.255 e. The van der Waals surface area contributed by atoms with E-state index in [9.17, 15) is 4.79 Å². The number of carbonyl (C=O) groups is 1. The van der Waals surface area contributed by atoms with Crippen molar-refractivity contribution in [2.45, 2.75) is 48.5 Å². The third-order valence-corrected chi connectivity index (χ3v) is 3.73. The number of benzene rings is 3. The zero-order chi connectivity index (χ0) is 21.4. The maximum atomic E-state index is 11.7. The molecule has 0 bridgehead atoms. The fourth-order valence-electron chi connectivity index (χ4n) is 2.21. The van der Waals surface area contributed by atoms with E-state index in [0.29, 0.717) is 5.56 Å². The number of hydrogen-bond donors (Lipinski definition) is 1. The van der Waals surface area contributed by atoms with E-state index in [1.54, 1.807) is 12.1 Å². The van der Waals surface area contributed by atoms with Gasteiger partial charge in [0, 0.05) is 11.3 Å². The average Bonchev–Trinajstić information content (AvgIpc) is 2.76. The van der Waals surface area contributed by atoms with E-state index >= 15 is 0 Å². The van der Waals surface area contributed by atoms with Crippen molar-refractivity contribution in [3.05, 3.63) is 101 Å². The minimum Gasteiger partial charge on any atom is -0.322 e. The van der Waals surface area contributed by atoms with E-state index < -0.39 is 0 Å². The highest BCUT2D eigenvalue weighted by Gasteiger charge is 2.03. The summed E-state index contributed by atoms with van der Waals surface area (Å²) < 4.78 is 0. The maximum Gasteiger partial charge on any atom is 0.255 e. The van der Waals surface area contributed by atoms with Crippen LogP contribution in [-0.2, 0) is 0 Å². The van der Waals surface area contributed by atoms with Crippen LogP contribution in [0.15, 0.2) is 78.9 Å². The first-order valence-electron chi connectivity index (χ1n) is 10.0. The van der Waals surface area contributed by atoms with Crippen molar-refractivity contribution in [3.63, 3.8) is 0 Å². The molecule has 0 unspecified atom stereocenters. The van der Waals surface area contributed by atoms with Gasteiger partial charge in [-0.15, -0.1) is 0 Å².